The van der Waals surface area contributed by atoms with Crippen molar-refractivity contribution in [3.63, 3.8) is 0 Å². The molecule has 102 valence electrons. The Morgan fingerprint density at radius 3 is 2.90 bits per heavy atom. The summed E-state index contributed by atoms with van der Waals surface area (Å²) in [4.78, 5) is 17.0. The lowest BCUT2D eigenvalue weighted by molar-refractivity contribution is -0.122. The van der Waals surface area contributed by atoms with Crippen LogP contribution in [0.1, 0.15) is 17.4 Å². The molecule has 0 saturated heterocycles. The molecule has 2 rings (SSSR count). The molecule has 0 aliphatic heterocycles. The Balaban J connectivity index is 2.02. The molecule has 0 unspecified atom stereocenters. The standard InChI is InChI=1S/C14H13N3O2S/c1-9-8-16-14(20-9)17-13(18)10(2)19-12-6-4-3-5-11(12)7-15/h3-6,8,10H,1-2H3,(H,16,17,18)/t10-/m0/s1. The van der Waals surface area contributed by atoms with Gasteiger partial charge in [0.1, 0.15) is 11.8 Å². The van der Waals surface area contributed by atoms with E-state index < -0.39 is 6.10 Å². The maximum Gasteiger partial charge on any atom is 0.266 e. The molecule has 20 heavy (non-hydrogen) atoms. The monoisotopic (exact) mass is 287 g/mol. The molecule has 0 aliphatic rings. The van der Waals surface area contributed by atoms with Crippen LogP contribution in [0.3, 0.4) is 0 Å². The summed E-state index contributed by atoms with van der Waals surface area (Å²) in [6, 6.07) is 8.83. The first-order valence-electron chi connectivity index (χ1n) is 5.99. The van der Waals surface area contributed by atoms with Crippen molar-refractivity contribution in [1.82, 2.24) is 4.98 Å². The number of hydrogen-bond donors (Lipinski definition) is 1. The van der Waals surface area contributed by atoms with Crippen LogP contribution < -0.4 is 10.1 Å². The van der Waals surface area contributed by atoms with Gasteiger partial charge >= 0.3 is 0 Å². The number of nitrogens with zero attached hydrogens (tertiary/aromatic N) is 2. The van der Waals surface area contributed by atoms with Crippen LogP contribution in [0.4, 0.5) is 5.13 Å². The van der Waals surface area contributed by atoms with Crippen molar-refractivity contribution in [2.24, 2.45) is 0 Å². The smallest absolute Gasteiger partial charge is 0.266 e. The summed E-state index contributed by atoms with van der Waals surface area (Å²) in [5.41, 5.74) is 0.400. The van der Waals surface area contributed by atoms with E-state index in [1.807, 2.05) is 13.0 Å². The second-order valence-corrected chi connectivity index (χ2v) is 5.37. The third-order valence-corrected chi connectivity index (χ3v) is 3.36. The fraction of sp³-hybridized carbons (Fsp3) is 0.214. The number of amides is 1. The summed E-state index contributed by atoms with van der Waals surface area (Å²) in [7, 11) is 0. The van der Waals surface area contributed by atoms with E-state index in [1.54, 1.807) is 37.4 Å². The van der Waals surface area contributed by atoms with Gasteiger partial charge in [-0.25, -0.2) is 4.98 Å². The molecule has 1 heterocycles. The molecule has 1 aromatic carbocycles. The second-order valence-electron chi connectivity index (χ2n) is 4.13. The molecular formula is C14H13N3O2S. The van der Waals surface area contributed by atoms with Crippen molar-refractivity contribution in [3.05, 3.63) is 40.9 Å². The SMILES string of the molecule is Cc1cnc(NC(=O)[C@H](C)Oc2ccccc2C#N)s1. The first-order valence-corrected chi connectivity index (χ1v) is 6.81. The Hall–Kier alpha value is -2.39. The molecule has 0 spiro atoms. The summed E-state index contributed by atoms with van der Waals surface area (Å²) < 4.78 is 5.52. The highest BCUT2D eigenvalue weighted by Crippen LogP contribution is 2.20. The van der Waals surface area contributed by atoms with E-state index >= 15 is 0 Å². The average molecular weight is 287 g/mol. The van der Waals surface area contributed by atoms with Crippen LogP contribution in [-0.2, 0) is 4.79 Å². The van der Waals surface area contributed by atoms with Crippen LogP contribution in [-0.4, -0.2) is 17.0 Å². The number of para-hydroxylation sites is 1. The van der Waals surface area contributed by atoms with Crippen molar-refractivity contribution >= 4 is 22.4 Å². The Morgan fingerprint density at radius 2 is 2.25 bits per heavy atom. The maximum atomic E-state index is 12.0. The third kappa shape index (κ3) is 3.33. The zero-order valence-electron chi connectivity index (χ0n) is 11.1. The summed E-state index contributed by atoms with van der Waals surface area (Å²) in [5.74, 6) is 0.0973. The lowest BCUT2D eigenvalue weighted by atomic mass is 10.2. The van der Waals surface area contributed by atoms with E-state index in [0.717, 1.165) is 4.88 Å². The van der Waals surface area contributed by atoms with Crippen molar-refractivity contribution in [2.45, 2.75) is 20.0 Å². The Morgan fingerprint density at radius 1 is 1.50 bits per heavy atom. The molecule has 1 amide bonds. The number of thiazole rings is 1. The Kier molecular flexibility index (Phi) is 4.33. The van der Waals surface area contributed by atoms with Crippen molar-refractivity contribution in [1.29, 1.82) is 5.26 Å². The van der Waals surface area contributed by atoms with Gasteiger partial charge in [0.2, 0.25) is 0 Å². The number of carbonyl (C=O) groups excluding carboxylic acids is 1. The second kappa shape index (κ2) is 6.17. The number of carbonyl (C=O) groups is 1. The number of ether oxygens (including phenoxy) is 1. The van der Waals surface area contributed by atoms with Gasteiger partial charge in [0.05, 0.1) is 5.56 Å². The lowest BCUT2D eigenvalue weighted by Gasteiger charge is -2.14. The molecule has 5 nitrogen and oxygen atoms in total. The zero-order valence-corrected chi connectivity index (χ0v) is 11.9. The van der Waals surface area contributed by atoms with E-state index in [-0.39, 0.29) is 5.91 Å². The number of rotatable bonds is 4. The first-order chi connectivity index (χ1) is 9.60. The van der Waals surface area contributed by atoms with Crippen LogP contribution >= 0.6 is 11.3 Å². The largest absolute Gasteiger partial charge is 0.480 e. The van der Waals surface area contributed by atoms with E-state index in [0.29, 0.717) is 16.4 Å². The quantitative estimate of drug-likeness (QED) is 0.938. The molecule has 1 N–H and O–H groups in total. The number of hydrogen-bond acceptors (Lipinski definition) is 5. The van der Waals surface area contributed by atoms with Crippen LogP contribution in [0.2, 0.25) is 0 Å². The molecule has 0 aliphatic carbocycles. The van der Waals surface area contributed by atoms with Crippen molar-refractivity contribution < 1.29 is 9.53 Å². The average Bonchev–Trinajstić information content (AvgIpc) is 2.84. The zero-order chi connectivity index (χ0) is 14.5. The minimum absolute atomic E-state index is 0.299. The maximum absolute atomic E-state index is 12.0. The lowest BCUT2D eigenvalue weighted by Crippen LogP contribution is -2.30. The van der Waals surface area contributed by atoms with E-state index in [9.17, 15) is 4.79 Å². The summed E-state index contributed by atoms with van der Waals surface area (Å²) in [6.07, 6.45) is 0.977. The van der Waals surface area contributed by atoms with Gasteiger partial charge in [-0.1, -0.05) is 12.1 Å². The van der Waals surface area contributed by atoms with Crippen LogP contribution in [0.15, 0.2) is 30.5 Å². The van der Waals surface area contributed by atoms with Gasteiger partial charge in [-0.2, -0.15) is 5.26 Å². The number of aromatic nitrogens is 1. The van der Waals surface area contributed by atoms with Crippen LogP contribution in [0, 0.1) is 18.3 Å². The fourth-order valence-electron chi connectivity index (χ4n) is 1.53. The topological polar surface area (TPSA) is 75.0 Å². The molecule has 1 atom stereocenters. The van der Waals surface area contributed by atoms with Gasteiger partial charge in [0.25, 0.3) is 5.91 Å². The molecule has 0 bridgehead atoms. The summed E-state index contributed by atoms with van der Waals surface area (Å²) in [6.45, 7) is 3.54. The van der Waals surface area contributed by atoms with Crippen molar-refractivity contribution in [3.8, 4) is 11.8 Å². The molecule has 2 aromatic rings. The fourth-order valence-corrected chi connectivity index (χ4v) is 2.19. The normalized spacial score (nSPS) is 11.4. The molecule has 6 heteroatoms. The predicted molar refractivity (Wildman–Crippen MR) is 76.7 cm³/mol. The Labute approximate surface area is 120 Å². The summed E-state index contributed by atoms with van der Waals surface area (Å²) >= 11 is 1.40. The van der Waals surface area contributed by atoms with E-state index in [1.165, 1.54) is 11.3 Å². The van der Waals surface area contributed by atoms with Gasteiger partial charge in [-0.15, -0.1) is 11.3 Å². The number of nitrogens with one attached hydrogen (secondary N) is 1. The molecule has 0 radical (unpaired) electrons. The van der Waals surface area contributed by atoms with Gasteiger partial charge in [0.15, 0.2) is 11.2 Å². The van der Waals surface area contributed by atoms with Crippen molar-refractivity contribution in [2.75, 3.05) is 5.32 Å². The Bertz CT molecular complexity index is 660. The third-order valence-electron chi connectivity index (χ3n) is 2.53. The van der Waals surface area contributed by atoms with Gasteiger partial charge in [-0.3, -0.25) is 10.1 Å². The number of nitriles is 1. The van der Waals surface area contributed by atoms with Gasteiger partial charge in [0, 0.05) is 11.1 Å². The number of benzene rings is 1. The predicted octanol–water partition coefficient (Wildman–Crippen LogP) is 2.73. The minimum Gasteiger partial charge on any atom is -0.480 e. The van der Waals surface area contributed by atoms with Gasteiger partial charge < -0.3 is 4.74 Å². The highest BCUT2D eigenvalue weighted by atomic mass is 32.1. The summed E-state index contributed by atoms with van der Waals surface area (Å²) in [5, 5.41) is 12.2. The number of anilines is 1. The first kappa shape index (κ1) is 14.0. The molecular weight excluding hydrogens is 274 g/mol. The van der Waals surface area contributed by atoms with E-state index in [2.05, 4.69) is 10.3 Å². The molecule has 0 saturated carbocycles. The number of aryl methyl sites for hydroxylation is 1. The van der Waals surface area contributed by atoms with Crippen LogP contribution in [0.25, 0.3) is 0 Å². The van der Waals surface area contributed by atoms with Crippen LogP contribution in [0.5, 0.6) is 5.75 Å². The van der Waals surface area contributed by atoms with Gasteiger partial charge in [-0.05, 0) is 26.0 Å². The van der Waals surface area contributed by atoms with E-state index in [4.69, 9.17) is 10.00 Å². The highest BCUT2D eigenvalue weighted by Gasteiger charge is 2.17. The molecule has 0 fully saturated rings. The molecule has 1 aromatic heterocycles. The minimum atomic E-state index is -0.714. The highest BCUT2D eigenvalue weighted by molar-refractivity contribution is 7.15.